The number of pyridine rings is 1. The third kappa shape index (κ3) is 3.73. The van der Waals surface area contributed by atoms with E-state index in [1.54, 1.807) is 4.90 Å². The molecule has 1 atom stereocenters. The summed E-state index contributed by atoms with van der Waals surface area (Å²) in [7, 11) is 0. The molecule has 4 nitrogen and oxygen atoms in total. The van der Waals surface area contributed by atoms with Gasteiger partial charge in [0.15, 0.2) is 0 Å². The van der Waals surface area contributed by atoms with Crippen LogP contribution in [0.5, 0.6) is 0 Å². The maximum atomic E-state index is 13.1. The van der Waals surface area contributed by atoms with E-state index in [-0.39, 0.29) is 5.91 Å². The number of carbonyl (C=O) groups excluding carboxylic acids is 1. The smallest absolute Gasteiger partial charge is 0.255 e. The first-order chi connectivity index (χ1) is 9.20. The average Bonchev–Trinajstić information content (AvgIpc) is 2.45. The van der Waals surface area contributed by atoms with Gasteiger partial charge in [0.1, 0.15) is 5.82 Å². The summed E-state index contributed by atoms with van der Waals surface area (Å²) in [6, 6.07) is 1.25. The number of hydrogen-bond acceptors (Lipinski definition) is 3. The first-order valence-corrected chi connectivity index (χ1v) is 6.81. The van der Waals surface area contributed by atoms with E-state index in [4.69, 9.17) is 0 Å². The Morgan fingerprint density at radius 1 is 1.58 bits per heavy atom. The fraction of sp³-hybridized carbons (Fsp3) is 0.571. The molecular weight excluding hydrogens is 245 g/mol. The SMILES string of the molecule is CCN(CC1CCCNC1)C(=O)c1cncc(F)c1. The van der Waals surface area contributed by atoms with E-state index < -0.39 is 5.82 Å². The highest BCUT2D eigenvalue weighted by atomic mass is 19.1. The van der Waals surface area contributed by atoms with Crippen molar-refractivity contribution in [3.05, 3.63) is 29.8 Å². The second-order valence-electron chi connectivity index (χ2n) is 4.95. The number of piperidine rings is 1. The molecule has 2 rings (SSSR count). The van der Waals surface area contributed by atoms with Crippen molar-refractivity contribution in [2.75, 3.05) is 26.2 Å². The summed E-state index contributed by atoms with van der Waals surface area (Å²) in [4.78, 5) is 17.8. The van der Waals surface area contributed by atoms with Crippen LogP contribution >= 0.6 is 0 Å². The van der Waals surface area contributed by atoms with E-state index >= 15 is 0 Å². The number of carbonyl (C=O) groups is 1. The van der Waals surface area contributed by atoms with Crippen molar-refractivity contribution < 1.29 is 9.18 Å². The van der Waals surface area contributed by atoms with Gasteiger partial charge in [-0.15, -0.1) is 0 Å². The maximum absolute atomic E-state index is 13.1. The first kappa shape index (κ1) is 13.9. The zero-order chi connectivity index (χ0) is 13.7. The van der Waals surface area contributed by atoms with Crippen LogP contribution in [0.2, 0.25) is 0 Å². The third-order valence-corrected chi connectivity index (χ3v) is 3.50. The highest BCUT2D eigenvalue weighted by molar-refractivity contribution is 5.93. The summed E-state index contributed by atoms with van der Waals surface area (Å²) in [5, 5.41) is 3.34. The lowest BCUT2D eigenvalue weighted by Gasteiger charge is -2.29. The minimum Gasteiger partial charge on any atom is -0.339 e. The van der Waals surface area contributed by atoms with Crippen molar-refractivity contribution >= 4 is 5.91 Å². The molecule has 0 aliphatic carbocycles. The highest BCUT2D eigenvalue weighted by Crippen LogP contribution is 2.14. The summed E-state index contributed by atoms with van der Waals surface area (Å²) in [5.41, 5.74) is 0.325. The molecular formula is C14H20FN3O. The van der Waals surface area contributed by atoms with Crippen LogP contribution in [0.4, 0.5) is 4.39 Å². The Labute approximate surface area is 113 Å². The topological polar surface area (TPSA) is 45.2 Å². The van der Waals surface area contributed by atoms with Crippen LogP contribution in [-0.2, 0) is 0 Å². The number of hydrogen-bond donors (Lipinski definition) is 1. The van der Waals surface area contributed by atoms with E-state index in [1.165, 1.54) is 12.3 Å². The van der Waals surface area contributed by atoms with Gasteiger partial charge in [0.2, 0.25) is 0 Å². The molecule has 5 heteroatoms. The molecule has 1 N–H and O–H groups in total. The molecule has 0 radical (unpaired) electrons. The standard InChI is InChI=1S/C14H20FN3O/c1-2-18(10-11-4-3-5-16-7-11)14(19)12-6-13(15)9-17-8-12/h6,8-9,11,16H,2-5,7,10H2,1H3. The molecule has 0 spiro atoms. The molecule has 1 aromatic heterocycles. The first-order valence-electron chi connectivity index (χ1n) is 6.81. The Morgan fingerprint density at radius 3 is 3.05 bits per heavy atom. The van der Waals surface area contributed by atoms with E-state index in [0.29, 0.717) is 18.0 Å². The number of nitrogens with zero attached hydrogens (tertiary/aromatic N) is 2. The van der Waals surface area contributed by atoms with E-state index in [9.17, 15) is 9.18 Å². The quantitative estimate of drug-likeness (QED) is 0.901. The molecule has 1 fully saturated rings. The molecule has 1 saturated heterocycles. The van der Waals surface area contributed by atoms with Gasteiger partial charge < -0.3 is 10.2 Å². The summed E-state index contributed by atoms with van der Waals surface area (Å²) >= 11 is 0. The minimum atomic E-state index is -0.471. The highest BCUT2D eigenvalue weighted by Gasteiger charge is 2.21. The minimum absolute atomic E-state index is 0.139. The van der Waals surface area contributed by atoms with Crippen LogP contribution in [0.1, 0.15) is 30.1 Å². The maximum Gasteiger partial charge on any atom is 0.255 e. The fourth-order valence-corrected chi connectivity index (χ4v) is 2.46. The summed E-state index contributed by atoms with van der Waals surface area (Å²) in [6.07, 6.45) is 4.82. The van der Waals surface area contributed by atoms with Crippen LogP contribution < -0.4 is 5.32 Å². The van der Waals surface area contributed by atoms with E-state index in [0.717, 1.165) is 38.7 Å². The third-order valence-electron chi connectivity index (χ3n) is 3.50. The molecule has 1 unspecified atom stereocenters. The molecule has 1 amide bonds. The number of halogens is 1. The predicted octanol–water partition coefficient (Wildman–Crippen LogP) is 1.68. The average molecular weight is 265 g/mol. The van der Waals surface area contributed by atoms with Crippen LogP contribution in [0.3, 0.4) is 0 Å². The molecule has 1 aliphatic rings. The molecule has 2 heterocycles. The van der Waals surface area contributed by atoms with Crippen molar-refractivity contribution in [1.29, 1.82) is 0 Å². The number of rotatable bonds is 4. The zero-order valence-corrected chi connectivity index (χ0v) is 11.2. The normalized spacial score (nSPS) is 19.2. The van der Waals surface area contributed by atoms with Gasteiger partial charge in [-0.25, -0.2) is 4.39 Å². The lowest BCUT2D eigenvalue weighted by molar-refractivity contribution is 0.0728. The second-order valence-corrected chi connectivity index (χ2v) is 4.95. The predicted molar refractivity (Wildman–Crippen MR) is 71.4 cm³/mol. The fourth-order valence-electron chi connectivity index (χ4n) is 2.46. The lowest BCUT2D eigenvalue weighted by Crippen LogP contribution is -2.41. The Kier molecular flexibility index (Phi) is 4.85. The molecule has 0 bridgehead atoms. The Bertz CT molecular complexity index is 432. The Hall–Kier alpha value is -1.49. The number of aromatic nitrogens is 1. The van der Waals surface area contributed by atoms with Crippen LogP contribution in [0.25, 0.3) is 0 Å². The number of amides is 1. The second kappa shape index (κ2) is 6.61. The molecule has 0 aromatic carbocycles. The van der Waals surface area contributed by atoms with Gasteiger partial charge in [0.05, 0.1) is 11.8 Å². The van der Waals surface area contributed by atoms with Crippen LogP contribution in [0.15, 0.2) is 18.5 Å². The largest absolute Gasteiger partial charge is 0.339 e. The monoisotopic (exact) mass is 265 g/mol. The number of nitrogens with one attached hydrogen (secondary N) is 1. The molecule has 104 valence electrons. The molecule has 0 saturated carbocycles. The van der Waals surface area contributed by atoms with Gasteiger partial charge in [0.25, 0.3) is 5.91 Å². The van der Waals surface area contributed by atoms with E-state index in [2.05, 4.69) is 10.3 Å². The van der Waals surface area contributed by atoms with Gasteiger partial charge in [-0.1, -0.05) is 0 Å². The lowest BCUT2D eigenvalue weighted by atomic mass is 9.99. The van der Waals surface area contributed by atoms with Crippen LogP contribution in [0, 0.1) is 11.7 Å². The van der Waals surface area contributed by atoms with Crippen LogP contribution in [-0.4, -0.2) is 42.0 Å². The van der Waals surface area contributed by atoms with Crippen molar-refractivity contribution in [2.24, 2.45) is 5.92 Å². The summed E-state index contributed by atoms with van der Waals surface area (Å²) in [6.45, 7) is 5.31. The van der Waals surface area contributed by atoms with Gasteiger partial charge in [-0.05, 0) is 44.8 Å². The Balaban J connectivity index is 2.02. The Morgan fingerprint density at radius 2 is 2.42 bits per heavy atom. The van der Waals surface area contributed by atoms with E-state index in [1.807, 2.05) is 6.92 Å². The van der Waals surface area contributed by atoms with Gasteiger partial charge >= 0.3 is 0 Å². The molecule has 19 heavy (non-hydrogen) atoms. The van der Waals surface area contributed by atoms with Gasteiger partial charge in [-0.2, -0.15) is 0 Å². The summed E-state index contributed by atoms with van der Waals surface area (Å²) in [5.74, 6) is -0.125. The summed E-state index contributed by atoms with van der Waals surface area (Å²) < 4.78 is 13.1. The van der Waals surface area contributed by atoms with Gasteiger partial charge in [0, 0.05) is 19.3 Å². The molecule has 1 aromatic rings. The zero-order valence-electron chi connectivity index (χ0n) is 11.2. The molecule has 1 aliphatic heterocycles. The van der Waals surface area contributed by atoms with Crippen molar-refractivity contribution in [2.45, 2.75) is 19.8 Å². The van der Waals surface area contributed by atoms with Crippen molar-refractivity contribution in [1.82, 2.24) is 15.2 Å². The van der Waals surface area contributed by atoms with Gasteiger partial charge in [-0.3, -0.25) is 9.78 Å². The van der Waals surface area contributed by atoms with Crippen molar-refractivity contribution in [3.63, 3.8) is 0 Å². The van der Waals surface area contributed by atoms with Crippen molar-refractivity contribution in [3.8, 4) is 0 Å².